The van der Waals surface area contributed by atoms with Crippen LogP contribution in [0.1, 0.15) is 53.3 Å². The molecular weight excluding hydrogens is 364 g/mol. The summed E-state index contributed by atoms with van der Waals surface area (Å²) in [6.07, 6.45) is 9.13. The molecule has 7 nitrogen and oxygen atoms in total. The highest BCUT2D eigenvalue weighted by molar-refractivity contribution is 5.95. The molecule has 7 heteroatoms. The van der Waals surface area contributed by atoms with Crippen molar-refractivity contribution in [2.24, 2.45) is 0 Å². The topological polar surface area (TPSA) is 76.8 Å². The number of likely N-dealkylation sites (tertiary alicyclic amines) is 1. The summed E-state index contributed by atoms with van der Waals surface area (Å²) in [4.78, 5) is 28.2. The number of rotatable bonds is 4. The third-order valence-corrected chi connectivity index (χ3v) is 5.60. The molecule has 0 aliphatic carbocycles. The summed E-state index contributed by atoms with van der Waals surface area (Å²) in [6.45, 7) is 8.05. The lowest BCUT2D eigenvalue weighted by Gasteiger charge is -2.32. The van der Waals surface area contributed by atoms with Gasteiger partial charge >= 0.3 is 0 Å². The Kier molecular flexibility index (Phi) is 5.38. The molecule has 0 bridgehead atoms. The largest absolute Gasteiger partial charge is 0.338 e. The molecule has 0 saturated carbocycles. The van der Waals surface area contributed by atoms with E-state index >= 15 is 0 Å². The molecule has 1 aliphatic rings. The van der Waals surface area contributed by atoms with Crippen LogP contribution in [0.25, 0.3) is 11.1 Å². The quantitative estimate of drug-likeness (QED) is 0.682. The molecule has 0 spiro atoms. The van der Waals surface area contributed by atoms with E-state index in [9.17, 15) is 4.79 Å². The van der Waals surface area contributed by atoms with E-state index in [4.69, 9.17) is 4.98 Å². The van der Waals surface area contributed by atoms with Crippen molar-refractivity contribution in [2.45, 2.75) is 46.1 Å². The van der Waals surface area contributed by atoms with Crippen molar-refractivity contribution in [3.63, 3.8) is 0 Å². The summed E-state index contributed by atoms with van der Waals surface area (Å²) >= 11 is 0. The third kappa shape index (κ3) is 3.90. The van der Waals surface area contributed by atoms with Crippen LogP contribution in [-0.4, -0.2) is 48.6 Å². The van der Waals surface area contributed by atoms with Gasteiger partial charge in [0.05, 0.1) is 17.0 Å². The molecule has 3 aromatic heterocycles. The highest BCUT2D eigenvalue weighted by Crippen LogP contribution is 2.34. The van der Waals surface area contributed by atoms with E-state index in [1.54, 1.807) is 12.4 Å². The molecule has 29 heavy (non-hydrogen) atoms. The number of aromatic nitrogens is 5. The smallest absolute Gasteiger partial charge is 0.257 e. The number of hydrogen-bond acceptors (Lipinski definition) is 5. The van der Waals surface area contributed by atoms with E-state index in [-0.39, 0.29) is 5.91 Å². The van der Waals surface area contributed by atoms with Crippen LogP contribution in [-0.2, 0) is 6.54 Å². The zero-order valence-corrected chi connectivity index (χ0v) is 17.2. The molecule has 0 radical (unpaired) electrons. The molecule has 1 saturated heterocycles. The van der Waals surface area contributed by atoms with Crippen molar-refractivity contribution in [1.29, 1.82) is 0 Å². The first-order valence-electron chi connectivity index (χ1n) is 10.1. The van der Waals surface area contributed by atoms with Crippen molar-refractivity contribution in [3.8, 4) is 11.1 Å². The van der Waals surface area contributed by atoms with Crippen molar-refractivity contribution in [3.05, 3.63) is 59.7 Å². The Hall–Kier alpha value is -3.09. The number of nitrogens with zero attached hydrogens (tertiary/aromatic N) is 6. The van der Waals surface area contributed by atoms with Crippen molar-refractivity contribution < 1.29 is 4.79 Å². The van der Waals surface area contributed by atoms with Gasteiger partial charge in [-0.05, 0) is 51.3 Å². The number of hydrogen-bond donors (Lipinski definition) is 0. The Balaban J connectivity index is 1.52. The number of aryl methyl sites for hydroxylation is 3. The number of carbonyl (C=O) groups is 1. The molecular formula is C22H26N6O. The molecule has 3 aromatic rings. The Morgan fingerprint density at radius 3 is 2.55 bits per heavy atom. The van der Waals surface area contributed by atoms with Gasteiger partial charge in [0.1, 0.15) is 5.82 Å². The van der Waals surface area contributed by atoms with E-state index < -0.39 is 0 Å². The highest BCUT2D eigenvalue weighted by atomic mass is 16.2. The average molecular weight is 390 g/mol. The molecule has 0 N–H and O–H groups in total. The molecule has 150 valence electrons. The summed E-state index contributed by atoms with van der Waals surface area (Å²) in [7, 11) is 0. The Labute approximate surface area is 170 Å². The third-order valence-electron chi connectivity index (χ3n) is 5.60. The summed E-state index contributed by atoms with van der Waals surface area (Å²) < 4.78 is 1.82. The first kappa shape index (κ1) is 19.2. The number of amides is 1. The normalized spacial score (nSPS) is 14.9. The predicted octanol–water partition coefficient (Wildman–Crippen LogP) is 3.39. The van der Waals surface area contributed by atoms with Crippen LogP contribution in [0.5, 0.6) is 0 Å². The van der Waals surface area contributed by atoms with Gasteiger partial charge in [0.15, 0.2) is 0 Å². The van der Waals surface area contributed by atoms with Crippen LogP contribution in [0.15, 0.2) is 36.9 Å². The summed E-state index contributed by atoms with van der Waals surface area (Å²) in [5.74, 6) is 1.16. The molecule has 0 aromatic carbocycles. The van der Waals surface area contributed by atoms with Crippen LogP contribution >= 0.6 is 0 Å². The van der Waals surface area contributed by atoms with Crippen LogP contribution < -0.4 is 0 Å². The van der Waals surface area contributed by atoms with E-state index in [2.05, 4.69) is 15.1 Å². The summed E-state index contributed by atoms with van der Waals surface area (Å²) in [5.41, 5.74) is 4.72. The fourth-order valence-electron chi connectivity index (χ4n) is 3.97. The standard InChI is InChI=1S/C22H26N6O/c1-4-28-14-20(15(2)26-28)22(29)27-11-7-18(8-12-27)21-19(13-24-16(3)25-21)17-5-9-23-10-6-17/h5-6,9-10,13-14,18H,4,7-8,11-12H2,1-3H3. The minimum absolute atomic E-state index is 0.0777. The molecule has 4 heterocycles. The van der Waals surface area contributed by atoms with Gasteiger partial charge in [0, 0.05) is 55.9 Å². The maximum atomic E-state index is 13.0. The van der Waals surface area contributed by atoms with Crippen LogP contribution in [0.4, 0.5) is 0 Å². The van der Waals surface area contributed by atoms with E-state index in [0.29, 0.717) is 11.5 Å². The fourth-order valence-corrected chi connectivity index (χ4v) is 3.97. The molecule has 0 atom stereocenters. The van der Waals surface area contributed by atoms with Crippen molar-refractivity contribution >= 4 is 5.91 Å². The first-order chi connectivity index (χ1) is 14.1. The SMILES string of the molecule is CCn1cc(C(=O)N2CCC(c3nc(C)ncc3-c3ccncc3)CC2)c(C)n1. The molecule has 1 aliphatic heterocycles. The maximum absolute atomic E-state index is 13.0. The Morgan fingerprint density at radius 1 is 1.17 bits per heavy atom. The number of carbonyl (C=O) groups excluding carboxylic acids is 1. The number of pyridine rings is 1. The van der Waals surface area contributed by atoms with Gasteiger partial charge in [-0.2, -0.15) is 5.10 Å². The second kappa shape index (κ2) is 8.11. The minimum atomic E-state index is 0.0777. The maximum Gasteiger partial charge on any atom is 0.257 e. The van der Waals surface area contributed by atoms with Crippen molar-refractivity contribution in [2.75, 3.05) is 13.1 Å². The molecule has 0 unspecified atom stereocenters. The highest BCUT2D eigenvalue weighted by Gasteiger charge is 2.28. The zero-order valence-electron chi connectivity index (χ0n) is 17.2. The fraction of sp³-hybridized carbons (Fsp3) is 0.409. The molecule has 4 rings (SSSR count). The second-order valence-corrected chi connectivity index (χ2v) is 7.50. The Bertz CT molecular complexity index is 1010. The van der Waals surface area contributed by atoms with Gasteiger partial charge in [-0.15, -0.1) is 0 Å². The summed E-state index contributed by atoms with van der Waals surface area (Å²) in [5, 5.41) is 4.41. The van der Waals surface area contributed by atoms with Gasteiger partial charge in [0.25, 0.3) is 5.91 Å². The van der Waals surface area contributed by atoms with Gasteiger partial charge in [-0.3, -0.25) is 14.5 Å². The molecule has 1 amide bonds. The van der Waals surface area contributed by atoms with Gasteiger partial charge < -0.3 is 4.90 Å². The van der Waals surface area contributed by atoms with E-state index in [1.807, 2.05) is 54.9 Å². The molecule has 1 fully saturated rings. The van der Waals surface area contributed by atoms with Gasteiger partial charge in [-0.25, -0.2) is 9.97 Å². The minimum Gasteiger partial charge on any atom is -0.338 e. The lowest BCUT2D eigenvalue weighted by molar-refractivity contribution is 0.0711. The van der Waals surface area contributed by atoms with E-state index in [1.165, 1.54) is 0 Å². The zero-order chi connectivity index (χ0) is 20.4. The van der Waals surface area contributed by atoms with Gasteiger partial charge in [0.2, 0.25) is 0 Å². The van der Waals surface area contributed by atoms with Crippen LogP contribution in [0.3, 0.4) is 0 Å². The summed E-state index contributed by atoms with van der Waals surface area (Å²) in [6, 6.07) is 3.98. The van der Waals surface area contributed by atoms with E-state index in [0.717, 1.165) is 60.8 Å². The predicted molar refractivity (Wildman–Crippen MR) is 111 cm³/mol. The lowest BCUT2D eigenvalue weighted by Crippen LogP contribution is -2.38. The monoisotopic (exact) mass is 390 g/mol. The lowest BCUT2D eigenvalue weighted by atomic mass is 9.89. The van der Waals surface area contributed by atoms with Crippen LogP contribution in [0.2, 0.25) is 0 Å². The van der Waals surface area contributed by atoms with Crippen molar-refractivity contribution in [1.82, 2.24) is 29.6 Å². The first-order valence-corrected chi connectivity index (χ1v) is 10.1. The second-order valence-electron chi connectivity index (χ2n) is 7.50. The Morgan fingerprint density at radius 2 is 1.90 bits per heavy atom. The average Bonchev–Trinajstić information content (AvgIpc) is 3.14. The number of piperidine rings is 1. The van der Waals surface area contributed by atoms with Gasteiger partial charge in [-0.1, -0.05) is 0 Å². The van der Waals surface area contributed by atoms with Crippen LogP contribution in [0, 0.1) is 13.8 Å².